The highest BCUT2D eigenvalue weighted by Gasteiger charge is 2.36. The largest absolute Gasteiger partial charge is 0.493 e. The van der Waals surface area contributed by atoms with Crippen LogP contribution in [-0.4, -0.2) is 41.6 Å². The van der Waals surface area contributed by atoms with Crippen LogP contribution in [-0.2, 0) is 16.0 Å². The average Bonchev–Trinajstić information content (AvgIpc) is 2.89. The van der Waals surface area contributed by atoms with Gasteiger partial charge in [0.15, 0.2) is 0 Å². The van der Waals surface area contributed by atoms with Crippen LogP contribution in [0.1, 0.15) is 26.3 Å². The van der Waals surface area contributed by atoms with Gasteiger partial charge in [0, 0.05) is 13.1 Å². The minimum atomic E-state index is -0.820. The quantitative estimate of drug-likeness (QED) is 0.874. The molecule has 0 unspecified atom stereocenters. The Bertz CT molecular complexity index is 553. The van der Waals surface area contributed by atoms with E-state index in [1.165, 1.54) is 0 Å². The van der Waals surface area contributed by atoms with Crippen molar-refractivity contribution < 1.29 is 19.4 Å². The molecular formula is C18H25NO4. The Morgan fingerprint density at radius 1 is 1.26 bits per heavy atom. The van der Waals surface area contributed by atoms with E-state index >= 15 is 0 Å². The minimum absolute atomic E-state index is 0.00302. The molecule has 1 aromatic rings. The van der Waals surface area contributed by atoms with Gasteiger partial charge >= 0.3 is 5.97 Å². The van der Waals surface area contributed by atoms with Gasteiger partial charge in [0.2, 0.25) is 5.91 Å². The van der Waals surface area contributed by atoms with Crippen molar-refractivity contribution in [2.45, 2.75) is 27.2 Å². The average molecular weight is 319 g/mol. The van der Waals surface area contributed by atoms with Crippen molar-refractivity contribution in [1.82, 2.24) is 4.90 Å². The summed E-state index contributed by atoms with van der Waals surface area (Å²) in [5, 5.41) is 9.14. The lowest BCUT2D eigenvalue weighted by Crippen LogP contribution is -2.31. The summed E-state index contributed by atoms with van der Waals surface area (Å²) in [5.74, 6) is -0.0175. The zero-order valence-electron chi connectivity index (χ0n) is 14.0. The van der Waals surface area contributed by atoms with Crippen LogP contribution in [0.25, 0.3) is 0 Å². The third-order valence-corrected chi connectivity index (χ3v) is 4.14. The first-order chi connectivity index (χ1) is 10.9. The molecule has 1 N–H and O–H groups in total. The molecule has 0 aromatic heterocycles. The normalized spacial score (nSPS) is 20.8. The molecule has 0 spiro atoms. The topological polar surface area (TPSA) is 66.8 Å². The summed E-state index contributed by atoms with van der Waals surface area (Å²) in [5.41, 5.74) is 0.915. The molecule has 23 heavy (non-hydrogen) atoms. The van der Waals surface area contributed by atoms with Crippen molar-refractivity contribution in [2.24, 2.45) is 17.8 Å². The number of rotatable bonds is 6. The SMILES string of the molecule is CC(C)COc1ccc(CC(=O)N2C[C@@H](C)[C@H](C(=O)O)C2)cc1. The number of hydrogen-bond donors (Lipinski definition) is 1. The number of benzene rings is 1. The van der Waals surface area contributed by atoms with Gasteiger partial charge < -0.3 is 14.7 Å². The van der Waals surface area contributed by atoms with Gasteiger partial charge in [0.25, 0.3) is 0 Å². The smallest absolute Gasteiger partial charge is 0.308 e. The highest BCUT2D eigenvalue weighted by atomic mass is 16.5. The first-order valence-corrected chi connectivity index (χ1v) is 8.09. The van der Waals surface area contributed by atoms with Gasteiger partial charge in [0.1, 0.15) is 5.75 Å². The van der Waals surface area contributed by atoms with Gasteiger partial charge in [-0.1, -0.05) is 32.9 Å². The second kappa shape index (κ2) is 7.49. The predicted octanol–water partition coefficient (Wildman–Crippen LogP) is 2.44. The molecule has 1 aliphatic heterocycles. The van der Waals surface area contributed by atoms with Gasteiger partial charge in [-0.15, -0.1) is 0 Å². The minimum Gasteiger partial charge on any atom is -0.493 e. The Morgan fingerprint density at radius 3 is 2.43 bits per heavy atom. The maximum absolute atomic E-state index is 12.3. The van der Waals surface area contributed by atoms with E-state index < -0.39 is 11.9 Å². The van der Waals surface area contributed by atoms with Crippen LogP contribution in [0, 0.1) is 17.8 Å². The number of carboxylic acid groups (broad SMARTS) is 1. The number of likely N-dealkylation sites (tertiary alicyclic amines) is 1. The van der Waals surface area contributed by atoms with Crippen LogP contribution in [0.3, 0.4) is 0 Å². The van der Waals surface area contributed by atoms with Gasteiger partial charge in [-0.25, -0.2) is 0 Å². The molecule has 2 atom stereocenters. The third kappa shape index (κ3) is 4.71. The van der Waals surface area contributed by atoms with Crippen molar-refractivity contribution in [2.75, 3.05) is 19.7 Å². The number of nitrogens with zero attached hydrogens (tertiary/aromatic N) is 1. The maximum atomic E-state index is 12.3. The van der Waals surface area contributed by atoms with Gasteiger partial charge in [0.05, 0.1) is 18.9 Å². The van der Waals surface area contributed by atoms with E-state index in [9.17, 15) is 9.59 Å². The van der Waals surface area contributed by atoms with E-state index in [4.69, 9.17) is 9.84 Å². The number of amides is 1. The maximum Gasteiger partial charge on any atom is 0.308 e. The number of carbonyl (C=O) groups is 2. The number of carbonyl (C=O) groups excluding carboxylic acids is 1. The molecule has 1 aromatic carbocycles. The molecular weight excluding hydrogens is 294 g/mol. The standard InChI is InChI=1S/C18H25NO4/c1-12(2)11-23-15-6-4-14(5-7-15)8-17(20)19-9-13(3)16(10-19)18(21)22/h4-7,12-13,16H,8-11H2,1-3H3,(H,21,22)/t13-,16-/m1/s1. The zero-order chi connectivity index (χ0) is 17.0. The summed E-state index contributed by atoms with van der Waals surface area (Å²) in [6.07, 6.45) is 0.295. The number of aliphatic carboxylic acids is 1. The Labute approximate surface area is 137 Å². The monoisotopic (exact) mass is 319 g/mol. The highest BCUT2D eigenvalue weighted by molar-refractivity contribution is 5.81. The molecule has 5 nitrogen and oxygen atoms in total. The first-order valence-electron chi connectivity index (χ1n) is 8.09. The van der Waals surface area contributed by atoms with Crippen LogP contribution in [0.4, 0.5) is 0 Å². The molecule has 0 aliphatic carbocycles. The van der Waals surface area contributed by atoms with Crippen LogP contribution < -0.4 is 4.74 Å². The Morgan fingerprint density at radius 2 is 1.91 bits per heavy atom. The predicted molar refractivity (Wildman–Crippen MR) is 87.3 cm³/mol. The second-order valence-electron chi connectivity index (χ2n) is 6.75. The summed E-state index contributed by atoms with van der Waals surface area (Å²) in [6.45, 7) is 7.56. The van der Waals surface area contributed by atoms with Gasteiger partial charge in [-0.05, 0) is 29.5 Å². The number of carboxylic acids is 1. The summed E-state index contributed by atoms with van der Waals surface area (Å²) < 4.78 is 5.62. The van der Waals surface area contributed by atoms with Gasteiger partial charge in [-0.2, -0.15) is 0 Å². The van der Waals surface area contributed by atoms with Crippen molar-refractivity contribution in [1.29, 1.82) is 0 Å². The summed E-state index contributed by atoms with van der Waals surface area (Å²) in [7, 11) is 0. The summed E-state index contributed by atoms with van der Waals surface area (Å²) in [4.78, 5) is 25.1. The fraction of sp³-hybridized carbons (Fsp3) is 0.556. The number of hydrogen-bond acceptors (Lipinski definition) is 3. The van der Waals surface area contributed by atoms with E-state index in [-0.39, 0.29) is 11.8 Å². The molecule has 2 rings (SSSR count). The molecule has 1 amide bonds. The van der Waals surface area contributed by atoms with E-state index in [2.05, 4.69) is 13.8 Å². The van der Waals surface area contributed by atoms with Crippen LogP contribution >= 0.6 is 0 Å². The molecule has 0 saturated carbocycles. The molecule has 1 saturated heterocycles. The fourth-order valence-corrected chi connectivity index (χ4v) is 2.74. The third-order valence-electron chi connectivity index (χ3n) is 4.14. The molecule has 5 heteroatoms. The first kappa shape index (κ1) is 17.3. The van der Waals surface area contributed by atoms with Crippen LogP contribution in [0.5, 0.6) is 5.75 Å². The molecule has 126 valence electrons. The Balaban J connectivity index is 1.89. The van der Waals surface area contributed by atoms with E-state index in [1.807, 2.05) is 31.2 Å². The summed E-state index contributed by atoms with van der Waals surface area (Å²) >= 11 is 0. The van der Waals surface area contributed by atoms with Crippen LogP contribution in [0.2, 0.25) is 0 Å². The fourth-order valence-electron chi connectivity index (χ4n) is 2.74. The molecule has 1 heterocycles. The lowest BCUT2D eigenvalue weighted by molar-refractivity contribution is -0.142. The second-order valence-corrected chi connectivity index (χ2v) is 6.75. The highest BCUT2D eigenvalue weighted by Crippen LogP contribution is 2.24. The lowest BCUT2D eigenvalue weighted by atomic mass is 9.99. The molecule has 0 bridgehead atoms. The molecule has 1 fully saturated rings. The van der Waals surface area contributed by atoms with E-state index in [0.29, 0.717) is 32.0 Å². The Kier molecular flexibility index (Phi) is 5.64. The van der Waals surface area contributed by atoms with Gasteiger partial charge in [-0.3, -0.25) is 9.59 Å². The van der Waals surface area contributed by atoms with Crippen molar-refractivity contribution in [3.8, 4) is 5.75 Å². The molecule has 1 aliphatic rings. The van der Waals surface area contributed by atoms with Crippen molar-refractivity contribution in [3.05, 3.63) is 29.8 Å². The van der Waals surface area contributed by atoms with Crippen LogP contribution in [0.15, 0.2) is 24.3 Å². The molecule has 0 radical (unpaired) electrons. The van der Waals surface area contributed by atoms with E-state index in [1.54, 1.807) is 4.90 Å². The summed E-state index contributed by atoms with van der Waals surface area (Å²) in [6, 6.07) is 7.53. The van der Waals surface area contributed by atoms with Crippen molar-refractivity contribution in [3.63, 3.8) is 0 Å². The Hall–Kier alpha value is -2.04. The lowest BCUT2D eigenvalue weighted by Gasteiger charge is -2.16. The zero-order valence-corrected chi connectivity index (χ0v) is 14.0. The van der Waals surface area contributed by atoms with E-state index in [0.717, 1.165) is 11.3 Å². The van der Waals surface area contributed by atoms with Crippen molar-refractivity contribution >= 4 is 11.9 Å². The number of ether oxygens (including phenoxy) is 1.